The number of para-hydroxylation sites is 3. The Bertz CT molecular complexity index is 8560. The second-order valence-corrected chi connectivity index (χ2v) is 34.3. The Morgan fingerprint density at radius 2 is 0.525 bits per heavy atom. The number of pyridine rings is 6. The fourth-order valence-electron chi connectivity index (χ4n) is 18.6. The lowest BCUT2D eigenvalue weighted by Gasteiger charge is -2.21. The van der Waals surface area contributed by atoms with Crippen LogP contribution in [-0.4, -0.2) is 43.1 Å². The number of nitrogens with zero attached hydrogens (tertiary/aromatic N) is 9. The summed E-state index contributed by atoms with van der Waals surface area (Å²) in [7, 11) is 0. The molecule has 0 spiro atoms. The molecule has 0 aliphatic heterocycles. The molecule has 11 heterocycles. The standard InChI is InChI=1S/C41H29N3.C38H23N3S.C32H19N3S/c1-41(2)34-17-5-3-15-31(34)33-25-29(20-21-35(33)41)27-12-9-11-26(23-27)28-13-10-14-30(24-28)38-40-39(32-16-4-6-18-36(32)42-38)43-37-19-7-8-22-44(37)40;1-3-9-32-30(8-1)37-38(41-22-6-5-11-35(41)40-37)36(39-32)27-18-16-25(17-19-27)24-12-14-26(15-13-24)28-20-21-34-31(23-28)29-7-2-4-10-33(29)42-34;1-3-9-26-24(8-1)31-32(35-18-6-5-11-29(35)34-31)30(33-26)21-14-12-20(13-15-21)22-16-17-28-25(19-22)23-7-2-4-10-27(23)36-28/h3-25H,1-2H3;1-23H;1-19H. The molecule has 0 saturated carbocycles. The Morgan fingerprint density at radius 3 is 0.975 bits per heavy atom. The van der Waals surface area contributed by atoms with Crippen LogP contribution in [0.15, 0.2) is 395 Å². The fourth-order valence-corrected chi connectivity index (χ4v) is 20.8. The number of aromatic nitrogens is 9. The first-order valence-corrected chi connectivity index (χ1v) is 42.9. The van der Waals surface area contributed by atoms with E-state index in [-0.39, 0.29) is 5.41 Å². The van der Waals surface area contributed by atoms with Crippen molar-refractivity contribution in [1.82, 2.24) is 43.1 Å². The maximum Gasteiger partial charge on any atom is 0.137 e. The maximum atomic E-state index is 5.20. The molecule has 11 aromatic heterocycles. The number of benzene rings is 14. The van der Waals surface area contributed by atoms with Crippen molar-refractivity contribution in [3.05, 3.63) is 406 Å². The van der Waals surface area contributed by atoms with Crippen molar-refractivity contribution in [1.29, 1.82) is 0 Å². The normalized spacial score (nSPS) is 12.4. The van der Waals surface area contributed by atoms with Crippen molar-refractivity contribution in [2.75, 3.05) is 0 Å². The van der Waals surface area contributed by atoms with Crippen LogP contribution in [0, 0.1) is 0 Å². The molecule has 0 saturated heterocycles. The van der Waals surface area contributed by atoms with Gasteiger partial charge in [0.2, 0.25) is 0 Å². The summed E-state index contributed by atoms with van der Waals surface area (Å²) in [5.74, 6) is 0. The highest BCUT2D eigenvalue weighted by atomic mass is 32.1. The summed E-state index contributed by atoms with van der Waals surface area (Å²) in [5, 5.41) is 8.52. The third-order valence-electron chi connectivity index (χ3n) is 24.6. The topological polar surface area (TPSA) is 90.6 Å². The molecule has 9 nitrogen and oxygen atoms in total. The molecule has 1 aliphatic carbocycles. The van der Waals surface area contributed by atoms with E-state index in [1.54, 1.807) is 0 Å². The maximum absolute atomic E-state index is 5.20. The fraction of sp³-hybridized carbons (Fsp3) is 0.0270. The summed E-state index contributed by atoms with van der Waals surface area (Å²) in [6.45, 7) is 4.66. The summed E-state index contributed by atoms with van der Waals surface area (Å²) in [5.41, 5.74) is 35.3. The van der Waals surface area contributed by atoms with Crippen molar-refractivity contribution in [3.63, 3.8) is 0 Å². The van der Waals surface area contributed by atoms with Gasteiger partial charge in [-0.3, -0.25) is 13.2 Å². The Kier molecular flexibility index (Phi) is 16.5. The van der Waals surface area contributed by atoms with Gasteiger partial charge >= 0.3 is 0 Å². The minimum Gasteiger partial charge on any atom is -0.298 e. The van der Waals surface area contributed by atoms with Gasteiger partial charge in [0.25, 0.3) is 0 Å². The van der Waals surface area contributed by atoms with Crippen molar-refractivity contribution >= 4 is 146 Å². The zero-order valence-corrected chi connectivity index (χ0v) is 68.0. The Balaban J connectivity index is 0.000000104. The van der Waals surface area contributed by atoms with E-state index >= 15 is 0 Å². The third-order valence-corrected chi connectivity index (χ3v) is 26.9. The zero-order valence-electron chi connectivity index (χ0n) is 66.4. The first kappa shape index (κ1) is 70.8. The second-order valence-electron chi connectivity index (χ2n) is 32.1. The van der Waals surface area contributed by atoms with Crippen LogP contribution in [0.25, 0.3) is 224 Å². The molecule has 572 valence electrons. The van der Waals surface area contributed by atoms with Crippen LogP contribution in [0.5, 0.6) is 0 Å². The van der Waals surface area contributed by atoms with Crippen LogP contribution >= 0.6 is 22.7 Å². The van der Waals surface area contributed by atoms with Gasteiger partial charge in [-0.25, -0.2) is 29.9 Å². The molecule has 122 heavy (non-hydrogen) atoms. The van der Waals surface area contributed by atoms with Crippen molar-refractivity contribution in [3.8, 4) is 101 Å². The minimum atomic E-state index is 0.00972. The number of rotatable bonds is 8. The quantitative estimate of drug-likeness (QED) is 0.151. The number of imidazole rings is 3. The molecule has 0 bridgehead atoms. The molecule has 0 amide bonds. The van der Waals surface area contributed by atoms with E-state index < -0.39 is 0 Å². The van der Waals surface area contributed by atoms with E-state index in [0.29, 0.717) is 0 Å². The first-order valence-electron chi connectivity index (χ1n) is 41.3. The lowest BCUT2D eigenvalue weighted by Crippen LogP contribution is -2.14. The van der Waals surface area contributed by atoms with E-state index in [1.165, 1.54) is 113 Å². The van der Waals surface area contributed by atoms with Gasteiger partial charge in [-0.15, -0.1) is 22.7 Å². The van der Waals surface area contributed by atoms with Crippen LogP contribution in [0.1, 0.15) is 25.0 Å². The lowest BCUT2D eigenvalue weighted by molar-refractivity contribution is 0.660. The first-order chi connectivity index (χ1) is 60.2. The van der Waals surface area contributed by atoms with Gasteiger partial charge in [-0.05, 0) is 187 Å². The van der Waals surface area contributed by atoms with Crippen LogP contribution in [0.4, 0.5) is 0 Å². The highest BCUT2D eigenvalue weighted by molar-refractivity contribution is 7.26. The van der Waals surface area contributed by atoms with Crippen LogP contribution in [-0.2, 0) is 5.41 Å². The second kappa shape index (κ2) is 28.4. The van der Waals surface area contributed by atoms with Crippen LogP contribution in [0.3, 0.4) is 0 Å². The Hall–Kier alpha value is -15.4. The van der Waals surface area contributed by atoms with Gasteiger partial charge in [0.1, 0.15) is 33.5 Å². The highest BCUT2D eigenvalue weighted by Gasteiger charge is 2.35. The van der Waals surface area contributed by atoms with E-state index in [9.17, 15) is 0 Å². The summed E-state index contributed by atoms with van der Waals surface area (Å²) < 4.78 is 11.8. The zero-order chi connectivity index (χ0) is 80.7. The van der Waals surface area contributed by atoms with Gasteiger partial charge < -0.3 is 0 Å². The van der Waals surface area contributed by atoms with Crippen molar-refractivity contribution in [2.45, 2.75) is 19.3 Å². The monoisotopic (exact) mass is 1590 g/mol. The smallest absolute Gasteiger partial charge is 0.137 e. The Labute approximate surface area is 709 Å². The van der Waals surface area contributed by atoms with E-state index in [4.69, 9.17) is 29.9 Å². The molecule has 0 fully saturated rings. The molecule has 0 N–H and O–H groups in total. The van der Waals surface area contributed by atoms with E-state index in [2.05, 4.69) is 355 Å². The van der Waals surface area contributed by atoms with Gasteiger partial charge in [-0.2, -0.15) is 0 Å². The average Bonchev–Trinajstić information content (AvgIpc) is 1.58. The molecule has 25 aromatic rings. The number of fused-ring (bicyclic) bond motifs is 24. The molecule has 0 atom stereocenters. The minimum absolute atomic E-state index is 0.00972. The van der Waals surface area contributed by atoms with Crippen LogP contribution < -0.4 is 0 Å². The van der Waals surface area contributed by atoms with Gasteiger partial charge in [0.15, 0.2) is 0 Å². The molecule has 1 aliphatic rings. The van der Waals surface area contributed by atoms with E-state index in [1.807, 2.05) is 89.4 Å². The molecule has 0 radical (unpaired) electrons. The number of thiophene rings is 2. The summed E-state index contributed by atoms with van der Waals surface area (Å²) in [4.78, 5) is 30.4. The SMILES string of the molecule is CC1(C)c2ccccc2-c2cc(-c3cccc(-c4cccc(-c5nc6ccccc6c6nc7ccccn7c56)c4)c3)ccc21.c1ccc2c(c1)nc(-c1ccc(-c3ccc(-c4ccc5sc6ccccc6c5c4)cc3)cc1)c1c2nc2ccccn21.c1ccc2c(c1)nc(-c1ccc(-c3ccc4sc5ccccc5c4c3)cc1)c1c2nc2ccccn21. The predicted octanol–water partition coefficient (Wildman–Crippen LogP) is 29.5. The molecular formula is C111H71N9S2. The van der Waals surface area contributed by atoms with Gasteiger partial charge in [0.05, 0.1) is 50.2 Å². The van der Waals surface area contributed by atoms with Gasteiger partial charge in [0, 0.05) is 97.2 Å². The lowest BCUT2D eigenvalue weighted by atomic mass is 9.82. The summed E-state index contributed by atoms with van der Waals surface area (Å²) >= 11 is 3.71. The van der Waals surface area contributed by atoms with E-state index in [0.717, 1.165) is 122 Å². The molecule has 26 rings (SSSR count). The predicted molar refractivity (Wildman–Crippen MR) is 511 cm³/mol. The Morgan fingerprint density at radius 1 is 0.213 bits per heavy atom. The average molecular weight is 1590 g/mol. The van der Waals surface area contributed by atoms with Crippen molar-refractivity contribution < 1.29 is 0 Å². The van der Waals surface area contributed by atoms with Crippen molar-refractivity contribution in [2.24, 2.45) is 0 Å². The third kappa shape index (κ3) is 11.8. The molecular weight excluding hydrogens is 1520 g/mol. The highest BCUT2D eigenvalue weighted by Crippen LogP contribution is 2.51. The molecule has 14 aromatic carbocycles. The van der Waals surface area contributed by atoms with Gasteiger partial charge in [-0.1, -0.05) is 281 Å². The van der Waals surface area contributed by atoms with Crippen LogP contribution in [0.2, 0.25) is 0 Å². The molecule has 0 unspecified atom stereocenters. The molecule has 11 heteroatoms. The number of hydrogen-bond donors (Lipinski definition) is 0. The number of hydrogen-bond acceptors (Lipinski definition) is 8. The summed E-state index contributed by atoms with van der Waals surface area (Å²) in [6.07, 6.45) is 6.21. The summed E-state index contributed by atoms with van der Waals surface area (Å²) in [6, 6.07) is 134. The largest absolute Gasteiger partial charge is 0.298 e.